The van der Waals surface area contributed by atoms with Crippen molar-refractivity contribution in [3.63, 3.8) is 0 Å². The second-order valence-corrected chi connectivity index (χ2v) is 7.70. The van der Waals surface area contributed by atoms with Gasteiger partial charge in [-0.2, -0.15) is 0 Å². The van der Waals surface area contributed by atoms with E-state index in [2.05, 4.69) is 10.2 Å². The van der Waals surface area contributed by atoms with Gasteiger partial charge in [-0.3, -0.25) is 0 Å². The molecule has 2 aromatic rings. The molecule has 0 aliphatic carbocycles. The number of aliphatic hydroxyl groups is 2. The Morgan fingerprint density at radius 3 is 2.62 bits per heavy atom. The summed E-state index contributed by atoms with van der Waals surface area (Å²) in [6, 6.07) is 14.4. The van der Waals surface area contributed by atoms with Gasteiger partial charge >= 0.3 is 0 Å². The van der Waals surface area contributed by atoms with Gasteiger partial charge in [0.25, 0.3) is 0 Å². The molecular weight excluding hydrogens is 371 g/mol. The molecule has 1 aliphatic heterocycles. The molecule has 0 bridgehead atoms. The maximum Gasteiger partial charge on any atom is 0.123 e. The van der Waals surface area contributed by atoms with E-state index >= 15 is 0 Å². The molecule has 6 heteroatoms. The van der Waals surface area contributed by atoms with Gasteiger partial charge in [0, 0.05) is 26.2 Å². The second kappa shape index (κ2) is 11.3. The summed E-state index contributed by atoms with van der Waals surface area (Å²) in [6.07, 6.45) is 1.62. The Morgan fingerprint density at radius 2 is 1.86 bits per heavy atom. The molecule has 1 unspecified atom stereocenters. The molecule has 0 spiro atoms. The predicted molar refractivity (Wildman–Crippen MR) is 111 cm³/mol. The van der Waals surface area contributed by atoms with Crippen LogP contribution in [0.2, 0.25) is 0 Å². The van der Waals surface area contributed by atoms with Crippen LogP contribution in [0.1, 0.15) is 24.0 Å². The molecule has 1 heterocycles. The van der Waals surface area contributed by atoms with E-state index in [0.29, 0.717) is 6.54 Å². The van der Waals surface area contributed by atoms with Crippen LogP contribution in [0, 0.1) is 5.82 Å². The van der Waals surface area contributed by atoms with Gasteiger partial charge in [-0.15, -0.1) is 0 Å². The van der Waals surface area contributed by atoms with E-state index in [1.54, 1.807) is 0 Å². The smallest absolute Gasteiger partial charge is 0.123 e. The van der Waals surface area contributed by atoms with Crippen molar-refractivity contribution in [2.45, 2.75) is 38.0 Å². The third kappa shape index (κ3) is 7.74. The van der Waals surface area contributed by atoms with E-state index < -0.39 is 6.10 Å². The Hall–Kier alpha value is -1.99. The van der Waals surface area contributed by atoms with Gasteiger partial charge in [-0.25, -0.2) is 4.39 Å². The molecule has 3 N–H and O–H groups in total. The first kappa shape index (κ1) is 21.7. The standard InChI is InChI=1S/C23H31FN2O3/c24-20-6-4-18(5-7-20)8-11-25-15-19-2-1-3-23(14-19)29-17-22(28)16-26-12-9-21(27)10-13-26/h1-7,14,21-22,25,27-28H,8-13,15-17H2. The Balaban J connectivity index is 1.35. The topological polar surface area (TPSA) is 65.0 Å². The third-order valence-electron chi connectivity index (χ3n) is 5.20. The quantitative estimate of drug-likeness (QED) is 0.533. The highest BCUT2D eigenvalue weighted by atomic mass is 19.1. The maximum atomic E-state index is 12.9. The second-order valence-electron chi connectivity index (χ2n) is 7.70. The first-order valence-corrected chi connectivity index (χ1v) is 10.3. The highest BCUT2D eigenvalue weighted by molar-refractivity contribution is 5.28. The Bertz CT molecular complexity index is 733. The summed E-state index contributed by atoms with van der Waals surface area (Å²) in [5.41, 5.74) is 2.22. The number of aliphatic hydroxyl groups excluding tert-OH is 2. The maximum absolute atomic E-state index is 12.9. The zero-order chi connectivity index (χ0) is 20.5. The Kier molecular flexibility index (Phi) is 8.43. The summed E-state index contributed by atoms with van der Waals surface area (Å²) in [5, 5.41) is 23.2. The van der Waals surface area contributed by atoms with E-state index in [1.165, 1.54) is 12.1 Å². The Labute approximate surface area is 172 Å². The van der Waals surface area contributed by atoms with Gasteiger partial charge < -0.3 is 25.2 Å². The number of nitrogens with one attached hydrogen (secondary N) is 1. The highest BCUT2D eigenvalue weighted by Gasteiger charge is 2.19. The molecular formula is C23H31FN2O3. The van der Waals surface area contributed by atoms with Crippen LogP contribution in [0.5, 0.6) is 5.75 Å². The lowest BCUT2D eigenvalue weighted by Gasteiger charge is -2.30. The summed E-state index contributed by atoms with van der Waals surface area (Å²) < 4.78 is 18.7. The lowest BCUT2D eigenvalue weighted by Crippen LogP contribution is -2.41. The molecule has 1 atom stereocenters. The molecule has 1 aliphatic rings. The monoisotopic (exact) mass is 402 g/mol. The van der Waals surface area contributed by atoms with E-state index in [9.17, 15) is 14.6 Å². The van der Waals surface area contributed by atoms with Crippen molar-refractivity contribution < 1.29 is 19.3 Å². The largest absolute Gasteiger partial charge is 0.491 e. The number of hydrogen-bond donors (Lipinski definition) is 3. The number of hydrogen-bond acceptors (Lipinski definition) is 5. The molecule has 1 fully saturated rings. The molecule has 5 nitrogen and oxygen atoms in total. The van der Waals surface area contributed by atoms with Crippen LogP contribution in [-0.4, -0.2) is 60.1 Å². The minimum Gasteiger partial charge on any atom is -0.491 e. The van der Waals surface area contributed by atoms with Crippen molar-refractivity contribution in [2.24, 2.45) is 0 Å². The molecule has 0 aromatic heterocycles. The fraction of sp³-hybridized carbons (Fsp3) is 0.478. The number of piperidine rings is 1. The van der Waals surface area contributed by atoms with E-state index in [1.807, 2.05) is 36.4 Å². The van der Waals surface area contributed by atoms with Crippen LogP contribution in [0.3, 0.4) is 0 Å². The lowest BCUT2D eigenvalue weighted by atomic mass is 10.1. The number of likely N-dealkylation sites (tertiary alicyclic amines) is 1. The molecule has 3 rings (SSSR count). The number of halogens is 1. The summed E-state index contributed by atoms with van der Waals surface area (Å²) in [6.45, 7) is 3.98. The Morgan fingerprint density at radius 1 is 1.10 bits per heavy atom. The number of benzene rings is 2. The van der Waals surface area contributed by atoms with Crippen LogP contribution in [-0.2, 0) is 13.0 Å². The number of rotatable bonds is 10. The van der Waals surface area contributed by atoms with Gasteiger partial charge in [0.2, 0.25) is 0 Å². The van der Waals surface area contributed by atoms with Crippen LogP contribution in [0.25, 0.3) is 0 Å². The van der Waals surface area contributed by atoms with Gasteiger partial charge in [0.1, 0.15) is 24.3 Å². The minimum atomic E-state index is -0.553. The van der Waals surface area contributed by atoms with Gasteiger partial charge in [0.05, 0.1) is 6.10 Å². The SMILES string of the molecule is OC1CCN(CC(O)COc2cccc(CNCCc3ccc(F)cc3)c2)CC1. The molecule has 1 saturated heterocycles. The van der Waals surface area contributed by atoms with Gasteiger partial charge in [0.15, 0.2) is 0 Å². The normalized spacial score (nSPS) is 16.7. The lowest BCUT2D eigenvalue weighted by molar-refractivity contribution is 0.0337. The van der Waals surface area contributed by atoms with Gasteiger partial charge in [-0.1, -0.05) is 24.3 Å². The summed E-state index contributed by atoms with van der Waals surface area (Å²) >= 11 is 0. The van der Waals surface area contributed by atoms with Crippen molar-refractivity contribution >= 4 is 0 Å². The van der Waals surface area contributed by atoms with Crippen molar-refractivity contribution in [3.05, 3.63) is 65.5 Å². The summed E-state index contributed by atoms with van der Waals surface area (Å²) in [5.74, 6) is 0.536. The molecule has 0 radical (unpaired) electrons. The zero-order valence-corrected chi connectivity index (χ0v) is 16.8. The number of nitrogens with zero attached hydrogens (tertiary/aromatic N) is 1. The fourth-order valence-corrected chi connectivity index (χ4v) is 3.51. The molecule has 2 aromatic carbocycles. The first-order chi connectivity index (χ1) is 14.1. The molecule has 0 saturated carbocycles. The molecule has 0 amide bonds. The van der Waals surface area contributed by atoms with Gasteiger partial charge in [-0.05, 0) is 61.2 Å². The average molecular weight is 403 g/mol. The van der Waals surface area contributed by atoms with Crippen molar-refractivity contribution in [1.82, 2.24) is 10.2 Å². The molecule has 29 heavy (non-hydrogen) atoms. The average Bonchev–Trinajstić information content (AvgIpc) is 2.73. The molecule has 158 valence electrons. The zero-order valence-electron chi connectivity index (χ0n) is 16.8. The fourth-order valence-electron chi connectivity index (χ4n) is 3.51. The summed E-state index contributed by atoms with van der Waals surface area (Å²) in [4.78, 5) is 2.17. The van der Waals surface area contributed by atoms with Crippen molar-refractivity contribution in [3.8, 4) is 5.75 Å². The van der Waals surface area contributed by atoms with Crippen molar-refractivity contribution in [1.29, 1.82) is 0 Å². The predicted octanol–water partition coefficient (Wildman–Crippen LogP) is 2.35. The summed E-state index contributed by atoms with van der Waals surface area (Å²) in [7, 11) is 0. The number of β-amino-alcohol motifs (C(OH)–C–C–N with tert-alkyl or cyclic N) is 1. The van der Waals surface area contributed by atoms with E-state index in [-0.39, 0.29) is 18.5 Å². The first-order valence-electron chi connectivity index (χ1n) is 10.3. The third-order valence-corrected chi connectivity index (χ3v) is 5.20. The van der Waals surface area contributed by atoms with E-state index in [4.69, 9.17) is 4.74 Å². The highest BCUT2D eigenvalue weighted by Crippen LogP contribution is 2.15. The van der Waals surface area contributed by atoms with E-state index in [0.717, 1.165) is 62.3 Å². The van der Waals surface area contributed by atoms with Crippen LogP contribution in [0.15, 0.2) is 48.5 Å². The van der Waals surface area contributed by atoms with Crippen LogP contribution in [0.4, 0.5) is 4.39 Å². The van der Waals surface area contributed by atoms with Crippen molar-refractivity contribution in [2.75, 3.05) is 32.8 Å². The van der Waals surface area contributed by atoms with Crippen LogP contribution < -0.4 is 10.1 Å². The van der Waals surface area contributed by atoms with Crippen LogP contribution >= 0.6 is 0 Å². The number of ether oxygens (including phenoxy) is 1. The minimum absolute atomic E-state index is 0.202.